The molecule has 6 nitrogen and oxygen atoms in total. The van der Waals surface area contributed by atoms with Crippen molar-refractivity contribution in [1.82, 2.24) is 4.31 Å². The lowest BCUT2D eigenvalue weighted by Crippen LogP contribution is -2.53. The highest BCUT2D eigenvalue weighted by Gasteiger charge is 2.58. The van der Waals surface area contributed by atoms with Gasteiger partial charge in [0.1, 0.15) is 4.21 Å². The molecule has 2 bridgehead atoms. The number of sulfonamides is 1. The third-order valence-electron chi connectivity index (χ3n) is 12.1. The van der Waals surface area contributed by atoms with Crippen molar-refractivity contribution in [2.45, 2.75) is 93.3 Å². The Balaban J connectivity index is 1.35. The second-order valence-corrected chi connectivity index (χ2v) is 18.8. The van der Waals surface area contributed by atoms with Crippen LogP contribution >= 0.6 is 11.3 Å². The minimum Gasteiger partial charge on any atom is -0.393 e. The number of aliphatic hydroxyl groups excluding tert-OH is 1. The number of nitrogens with zero attached hydrogens (tertiary/aromatic N) is 1. The molecule has 1 saturated carbocycles. The summed E-state index contributed by atoms with van der Waals surface area (Å²) in [6.45, 7) is 3.77. The molecule has 2 N–H and O–H groups in total. The molecule has 294 valence electrons. The number of rotatable bonds is 8. The zero-order valence-corrected chi connectivity index (χ0v) is 33.1. The lowest BCUT2D eigenvalue weighted by Gasteiger charge is -2.46. The summed E-state index contributed by atoms with van der Waals surface area (Å²) in [5.74, 6) is -1.04. The van der Waals surface area contributed by atoms with E-state index >= 15 is 0 Å². The van der Waals surface area contributed by atoms with Gasteiger partial charge in [-0.1, -0.05) is 91.4 Å². The number of halogens is 3. The SMILES string of the molecule is CC1=CCC[C@@]2(C)[C@@H](CC[C@@]2(O)CN(Cc2cccc3ccccc23)S(=O)(=O)c2cccs2)c2ccc(cc2C(=O)c2cccc(C(F)(F)F)c2)C[C@@H](O)CC1. The Labute approximate surface area is 330 Å². The molecule has 0 saturated heterocycles. The third kappa shape index (κ3) is 7.89. The number of hydrogen-bond acceptors (Lipinski definition) is 6. The molecule has 4 aromatic carbocycles. The fourth-order valence-corrected chi connectivity index (χ4v) is 11.5. The highest BCUT2D eigenvalue weighted by Crippen LogP contribution is 2.59. The predicted octanol–water partition coefficient (Wildman–Crippen LogP) is 10.1. The van der Waals surface area contributed by atoms with Gasteiger partial charge in [0.05, 0.1) is 17.3 Å². The van der Waals surface area contributed by atoms with Gasteiger partial charge < -0.3 is 10.2 Å². The van der Waals surface area contributed by atoms with Crippen molar-refractivity contribution >= 4 is 37.9 Å². The van der Waals surface area contributed by atoms with Crippen molar-refractivity contribution in [2.75, 3.05) is 6.54 Å². The Hall–Kier alpha value is -4.13. The number of fused-ring (bicyclic) bond motifs is 9. The minimum absolute atomic E-state index is 0.0138. The highest BCUT2D eigenvalue weighted by molar-refractivity contribution is 7.91. The number of hydrogen-bond donors (Lipinski definition) is 2. The Bertz CT molecular complexity index is 2370. The molecule has 0 spiro atoms. The van der Waals surface area contributed by atoms with E-state index in [1.165, 1.54) is 16.4 Å². The first kappa shape index (κ1) is 40.1. The molecule has 0 aliphatic heterocycles. The first-order chi connectivity index (χ1) is 26.6. The Morgan fingerprint density at radius 3 is 2.48 bits per heavy atom. The van der Waals surface area contributed by atoms with Crippen molar-refractivity contribution in [2.24, 2.45) is 5.41 Å². The summed E-state index contributed by atoms with van der Waals surface area (Å²) in [5.41, 5.74) is -0.237. The van der Waals surface area contributed by atoms with E-state index in [1.807, 2.05) is 68.4 Å². The van der Waals surface area contributed by atoms with E-state index in [9.17, 15) is 36.6 Å². The number of thiophene rings is 1. The van der Waals surface area contributed by atoms with Crippen LogP contribution in [0.15, 0.2) is 118 Å². The Morgan fingerprint density at radius 2 is 1.71 bits per heavy atom. The number of carbonyl (C=O) groups excluding carboxylic acids is 1. The molecule has 5 aromatic rings. The van der Waals surface area contributed by atoms with Gasteiger partial charge in [-0.05, 0) is 115 Å². The molecule has 0 unspecified atom stereocenters. The Morgan fingerprint density at radius 1 is 0.946 bits per heavy atom. The van der Waals surface area contributed by atoms with Crippen LogP contribution in [0.25, 0.3) is 10.8 Å². The van der Waals surface area contributed by atoms with E-state index < -0.39 is 50.6 Å². The van der Waals surface area contributed by atoms with Crippen molar-refractivity contribution in [3.63, 3.8) is 0 Å². The summed E-state index contributed by atoms with van der Waals surface area (Å²) < 4.78 is 72.1. The molecule has 0 radical (unpaired) electrons. The molecule has 11 heteroatoms. The fraction of sp³-hybridized carbons (Fsp3) is 0.356. The van der Waals surface area contributed by atoms with Crippen LogP contribution in [-0.2, 0) is 29.2 Å². The van der Waals surface area contributed by atoms with Crippen LogP contribution in [-0.4, -0.2) is 47.0 Å². The zero-order valence-electron chi connectivity index (χ0n) is 31.4. The summed E-state index contributed by atoms with van der Waals surface area (Å²) in [7, 11) is -4.09. The second-order valence-electron chi connectivity index (χ2n) is 15.7. The van der Waals surface area contributed by atoms with E-state index in [2.05, 4.69) is 6.08 Å². The lowest BCUT2D eigenvalue weighted by atomic mass is 9.64. The van der Waals surface area contributed by atoms with E-state index in [0.29, 0.717) is 43.2 Å². The molecule has 8 rings (SSSR count). The van der Waals surface area contributed by atoms with Gasteiger partial charge in [-0.3, -0.25) is 4.79 Å². The van der Waals surface area contributed by atoms with E-state index in [1.54, 1.807) is 23.6 Å². The van der Waals surface area contributed by atoms with Gasteiger partial charge in [0.25, 0.3) is 10.0 Å². The van der Waals surface area contributed by atoms with Crippen molar-refractivity contribution in [3.05, 3.63) is 147 Å². The summed E-state index contributed by atoms with van der Waals surface area (Å²) in [6, 6.07) is 26.5. The number of ketones is 1. The first-order valence-electron chi connectivity index (χ1n) is 19.0. The van der Waals surface area contributed by atoms with Crippen molar-refractivity contribution < 1.29 is 36.6 Å². The van der Waals surface area contributed by atoms with Gasteiger partial charge in [-0.2, -0.15) is 17.5 Å². The molecule has 1 fully saturated rings. The molecule has 3 aliphatic carbocycles. The van der Waals surface area contributed by atoms with Gasteiger partial charge in [0.15, 0.2) is 5.78 Å². The smallest absolute Gasteiger partial charge is 0.393 e. The summed E-state index contributed by atoms with van der Waals surface area (Å²) in [4.78, 5) is 14.4. The fourth-order valence-electron chi connectivity index (χ4n) is 8.86. The standard InChI is InChI=1S/C45H46F3NO5S2/c1-30-9-7-22-43(2)40(38-20-18-31(25-36(50)19-17-30)26-39(38)42(51)33-12-6-14-35(27-33)45(46,47)48)21-23-44(43,52)29-49(56(53,54)41-16-8-24-55-41)28-34-13-5-11-32-10-3-4-15-37(32)34/h3-6,8-16,18,20,24,26-27,36,40,50,52H,7,17,19,21-23,25,28-29H2,1-2H3/t36-,40-,43-,44+/m0/s1. The average Bonchev–Trinajstić information content (AvgIpc) is 3.81. The maximum Gasteiger partial charge on any atom is 0.416 e. The van der Waals surface area contributed by atoms with Crippen LogP contribution in [0.3, 0.4) is 0 Å². The molecule has 3 aliphatic rings. The molecule has 0 amide bonds. The van der Waals surface area contributed by atoms with Gasteiger partial charge in [0, 0.05) is 29.6 Å². The van der Waals surface area contributed by atoms with Crippen LogP contribution in [0.2, 0.25) is 0 Å². The number of carbonyl (C=O) groups is 1. The van der Waals surface area contributed by atoms with Crippen molar-refractivity contribution in [3.8, 4) is 0 Å². The lowest BCUT2D eigenvalue weighted by molar-refractivity contribution is -0.137. The van der Waals surface area contributed by atoms with Crippen LogP contribution in [0, 0.1) is 5.41 Å². The van der Waals surface area contributed by atoms with Crippen molar-refractivity contribution in [1.29, 1.82) is 0 Å². The topological polar surface area (TPSA) is 94.9 Å². The van der Waals surface area contributed by atoms with Gasteiger partial charge in [0.2, 0.25) is 0 Å². The normalized spacial score (nSPS) is 23.5. The highest BCUT2D eigenvalue weighted by atomic mass is 32.2. The second kappa shape index (κ2) is 15.7. The summed E-state index contributed by atoms with van der Waals surface area (Å²) in [6.07, 6.45) is -0.246. The summed E-state index contributed by atoms with van der Waals surface area (Å²) >= 11 is 1.12. The molecule has 1 aromatic heterocycles. The van der Waals surface area contributed by atoms with Gasteiger partial charge in [-0.15, -0.1) is 11.3 Å². The van der Waals surface area contributed by atoms with Crippen LogP contribution in [0.5, 0.6) is 0 Å². The molecule has 1 heterocycles. The number of aliphatic hydroxyl groups is 2. The number of benzene rings is 4. The van der Waals surface area contributed by atoms with Crippen LogP contribution in [0.1, 0.15) is 96.5 Å². The maximum absolute atomic E-state index is 14.5. The Kier molecular flexibility index (Phi) is 11.2. The quantitative estimate of drug-likeness (QED) is 0.120. The number of allylic oxidation sites excluding steroid dienone is 2. The predicted molar refractivity (Wildman–Crippen MR) is 214 cm³/mol. The third-order valence-corrected chi connectivity index (χ3v) is 15.3. The van der Waals surface area contributed by atoms with Gasteiger partial charge >= 0.3 is 6.18 Å². The minimum atomic E-state index is -4.65. The molecular weight excluding hydrogens is 756 g/mol. The average molecular weight is 802 g/mol. The monoisotopic (exact) mass is 801 g/mol. The molecule has 4 atom stereocenters. The van der Waals surface area contributed by atoms with Crippen LogP contribution in [0.4, 0.5) is 13.2 Å². The van der Waals surface area contributed by atoms with E-state index in [4.69, 9.17) is 0 Å². The number of alkyl halides is 3. The first-order valence-corrected chi connectivity index (χ1v) is 21.3. The maximum atomic E-state index is 14.5. The zero-order chi connectivity index (χ0) is 39.9. The molecular formula is C45H46F3NO5S2. The largest absolute Gasteiger partial charge is 0.416 e. The van der Waals surface area contributed by atoms with Crippen LogP contribution < -0.4 is 0 Å². The van der Waals surface area contributed by atoms with E-state index in [0.717, 1.165) is 45.4 Å². The molecule has 56 heavy (non-hydrogen) atoms. The van der Waals surface area contributed by atoms with E-state index in [-0.39, 0.29) is 41.3 Å². The van der Waals surface area contributed by atoms with Gasteiger partial charge in [-0.25, -0.2) is 8.42 Å². The summed E-state index contributed by atoms with van der Waals surface area (Å²) in [5, 5.41) is 27.7.